The number of rotatable bonds is 9. The molecule has 2 heterocycles. The van der Waals surface area contributed by atoms with Crippen molar-refractivity contribution in [2.24, 2.45) is 0 Å². The summed E-state index contributed by atoms with van der Waals surface area (Å²) in [5.41, 5.74) is 0. The SMILES string of the molecule is O=C(NCCCCOc1ccc(F)cc1)c1sccc1S(=O)(=O)N1CCSCC1. The molecule has 0 atom stereocenters. The van der Waals surface area contributed by atoms with Crippen LogP contribution in [0.4, 0.5) is 4.39 Å². The lowest BCUT2D eigenvalue weighted by atomic mass is 10.3. The molecule has 0 aliphatic carbocycles. The lowest BCUT2D eigenvalue weighted by molar-refractivity contribution is 0.0953. The number of thioether (sulfide) groups is 1. The summed E-state index contributed by atoms with van der Waals surface area (Å²) in [6, 6.07) is 7.32. The number of halogens is 1. The molecule has 0 unspecified atom stereocenters. The van der Waals surface area contributed by atoms with Gasteiger partial charge in [-0.15, -0.1) is 11.3 Å². The minimum Gasteiger partial charge on any atom is -0.494 e. The topological polar surface area (TPSA) is 75.7 Å². The number of ether oxygens (including phenoxy) is 1. The third-order valence-corrected chi connectivity index (χ3v) is 8.29. The predicted molar refractivity (Wildman–Crippen MR) is 114 cm³/mol. The number of unbranched alkanes of at least 4 members (excludes halogenated alkanes) is 1. The van der Waals surface area contributed by atoms with Crippen molar-refractivity contribution in [1.29, 1.82) is 0 Å². The van der Waals surface area contributed by atoms with Crippen LogP contribution < -0.4 is 10.1 Å². The van der Waals surface area contributed by atoms with Gasteiger partial charge in [-0.05, 0) is 48.6 Å². The van der Waals surface area contributed by atoms with Gasteiger partial charge in [0.25, 0.3) is 5.91 Å². The van der Waals surface area contributed by atoms with E-state index in [1.807, 2.05) is 0 Å². The smallest absolute Gasteiger partial charge is 0.262 e. The molecule has 1 aliphatic rings. The molecule has 0 radical (unpaired) electrons. The highest BCUT2D eigenvalue weighted by Gasteiger charge is 2.31. The first-order chi connectivity index (χ1) is 14.0. The summed E-state index contributed by atoms with van der Waals surface area (Å²) >= 11 is 2.87. The van der Waals surface area contributed by atoms with Gasteiger partial charge in [0, 0.05) is 31.1 Å². The molecule has 2 aromatic rings. The van der Waals surface area contributed by atoms with Gasteiger partial charge in [-0.3, -0.25) is 4.79 Å². The van der Waals surface area contributed by atoms with E-state index < -0.39 is 10.0 Å². The molecule has 1 aromatic carbocycles. The van der Waals surface area contributed by atoms with Gasteiger partial charge >= 0.3 is 0 Å². The molecule has 158 valence electrons. The maximum Gasteiger partial charge on any atom is 0.262 e. The van der Waals surface area contributed by atoms with Gasteiger partial charge in [-0.1, -0.05) is 0 Å². The van der Waals surface area contributed by atoms with Crippen molar-refractivity contribution in [2.45, 2.75) is 17.7 Å². The summed E-state index contributed by atoms with van der Waals surface area (Å²) in [6.07, 6.45) is 1.39. The third-order valence-electron chi connectivity index (χ3n) is 4.36. The van der Waals surface area contributed by atoms with E-state index in [1.54, 1.807) is 29.3 Å². The maximum absolute atomic E-state index is 12.8. The van der Waals surface area contributed by atoms with E-state index in [9.17, 15) is 17.6 Å². The average molecular weight is 459 g/mol. The Morgan fingerprint density at radius 3 is 2.59 bits per heavy atom. The van der Waals surface area contributed by atoms with Crippen LogP contribution in [0.5, 0.6) is 5.75 Å². The number of nitrogens with one attached hydrogen (secondary N) is 1. The molecule has 1 aromatic heterocycles. The van der Waals surface area contributed by atoms with E-state index >= 15 is 0 Å². The summed E-state index contributed by atoms with van der Waals surface area (Å²) in [7, 11) is -3.64. The largest absolute Gasteiger partial charge is 0.494 e. The van der Waals surface area contributed by atoms with Crippen LogP contribution in [0.15, 0.2) is 40.6 Å². The van der Waals surface area contributed by atoms with Gasteiger partial charge < -0.3 is 10.1 Å². The van der Waals surface area contributed by atoms with Gasteiger partial charge in [0.2, 0.25) is 10.0 Å². The fraction of sp³-hybridized carbons (Fsp3) is 0.421. The Morgan fingerprint density at radius 1 is 1.14 bits per heavy atom. The summed E-state index contributed by atoms with van der Waals surface area (Å²) in [4.78, 5) is 12.8. The van der Waals surface area contributed by atoms with Gasteiger partial charge in [0.1, 0.15) is 21.3 Å². The van der Waals surface area contributed by atoms with Crippen molar-refractivity contribution in [3.8, 4) is 5.75 Å². The molecule has 1 N–H and O–H groups in total. The zero-order valence-corrected chi connectivity index (χ0v) is 18.3. The summed E-state index contributed by atoms with van der Waals surface area (Å²) in [6.45, 7) is 1.81. The van der Waals surface area contributed by atoms with Crippen LogP contribution in [0.25, 0.3) is 0 Å². The van der Waals surface area contributed by atoms with Crippen molar-refractivity contribution in [3.05, 3.63) is 46.4 Å². The van der Waals surface area contributed by atoms with E-state index in [1.165, 1.54) is 22.5 Å². The van der Waals surface area contributed by atoms with E-state index in [-0.39, 0.29) is 21.5 Å². The number of amides is 1. The zero-order chi connectivity index (χ0) is 20.7. The van der Waals surface area contributed by atoms with Crippen LogP contribution >= 0.6 is 23.1 Å². The monoisotopic (exact) mass is 458 g/mol. The van der Waals surface area contributed by atoms with Crippen molar-refractivity contribution in [2.75, 3.05) is 37.7 Å². The molecule has 1 amide bonds. The van der Waals surface area contributed by atoms with E-state index in [2.05, 4.69) is 5.32 Å². The Balaban J connectivity index is 1.45. The lowest BCUT2D eigenvalue weighted by Crippen LogP contribution is -2.38. The van der Waals surface area contributed by atoms with Gasteiger partial charge in [-0.25, -0.2) is 12.8 Å². The summed E-state index contributed by atoms with van der Waals surface area (Å²) in [5.74, 6) is 1.45. The molecule has 1 aliphatic heterocycles. The number of carbonyl (C=O) groups is 1. The van der Waals surface area contributed by atoms with Crippen molar-refractivity contribution in [1.82, 2.24) is 9.62 Å². The Labute approximate surface area is 178 Å². The first-order valence-electron chi connectivity index (χ1n) is 9.30. The van der Waals surface area contributed by atoms with Crippen molar-refractivity contribution in [3.63, 3.8) is 0 Å². The van der Waals surface area contributed by atoms with Crippen LogP contribution in [-0.4, -0.2) is 56.4 Å². The Bertz CT molecular complexity index is 910. The second-order valence-electron chi connectivity index (χ2n) is 6.40. The molecule has 0 spiro atoms. The highest BCUT2D eigenvalue weighted by Crippen LogP contribution is 2.27. The first-order valence-corrected chi connectivity index (χ1v) is 12.8. The first kappa shape index (κ1) is 22.1. The molecule has 1 fully saturated rings. The molecule has 0 saturated carbocycles. The third kappa shape index (κ3) is 5.94. The van der Waals surface area contributed by atoms with E-state index in [4.69, 9.17) is 4.74 Å². The number of hydrogen-bond acceptors (Lipinski definition) is 6. The normalized spacial score (nSPS) is 15.2. The standard InChI is InChI=1S/C19H23FN2O4S3/c20-15-3-5-16(6-4-15)26-11-2-1-8-21-19(23)18-17(7-12-28-18)29(24,25)22-9-13-27-14-10-22/h3-7,12H,1-2,8-11,13-14H2,(H,21,23). The van der Waals surface area contributed by atoms with Gasteiger partial charge in [0.15, 0.2) is 0 Å². The van der Waals surface area contributed by atoms with Crippen LogP contribution in [0.2, 0.25) is 0 Å². The fourth-order valence-electron chi connectivity index (χ4n) is 2.82. The number of sulfonamides is 1. The zero-order valence-electron chi connectivity index (χ0n) is 15.8. The molecule has 29 heavy (non-hydrogen) atoms. The maximum atomic E-state index is 12.8. The predicted octanol–water partition coefficient (Wildman–Crippen LogP) is 3.21. The van der Waals surface area contributed by atoms with Crippen LogP contribution in [0, 0.1) is 5.82 Å². The van der Waals surface area contributed by atoms with E-state index in [0.29, 0.717) is 44.8 Å². The minimum atomic E-state index is -3.64. The Hall–Kier alpha value is -1.62. The molecule has 0 bridgehead atoms. The van der Waals surface area contributed by atoms with Crippen molar-refractivity contribution < 1.29 is 22.3 Å². The number of benzene rings is 1. The Morgan fingerprint density at radius 2 is 1.86 bits per heavy atom. The Kier molecular flexibility index (Phi) is 7.93. The fourth-order valence-corrected chi connectivity index (χ4v) is 6.72. The van der Waals surface area contributed by atoms with Crippen LogP contribution in [-0.2, 0) is 10.0 Å². The average Bonchev–Trinajstić information content (AvgIpc) is 3.23. The number of carbonyl (C=O) groups excluding carboxylic acids is 1. The second kappa shape index (κ2) is 10.4. The number of nitrogens with zero attached hydrogens (tertiary/aromatic N) is 1. The van der Waals surface area contributed by atoms with Crippen molar-refractivity contribution >= 4 is 39.0 Å². The second-order valence-corrected chi connectivity index (χ2v) is 10.4. The molecule has 3 rings (SSSR count). The number of hydrogen-bond donors (Lipinski definition) is 1. The van der Waals surface area contributed by atoms with Crippen LogP contribution in [0.3, 0.4) is 0 Å². The molecule has 1 saturated heterocycles. The summed E-state index contributed by atoms with van der Waals surface area (Å²) in [5, 5.41) is 4.42. The quantitative estimate of drug-likeness (QED) is 0.584. The van der Waals surface area contributed by atoms with Gasteiger partial charge in [0.05, 0.1) is 6.61 Å². The molecular weight excluding hydrogens is 435 g/mol. The molecular formula is C19H23FN2O4S3. The highest BCUT2D eigenvalue weighted by atomic mass is 32.2. The molecule has 10 heteroatoms. The van der Waals surface area contributed by atoms with Crippen LogP contribution in [0.1, 0.15) is 22.5 Å². The number of thiophene rings is 1. The lowest BCUT2D eigenvalue weighted by Gasteiger charge is -2.25. The highest BCUT2D eigenvalue weighted by molar-refractivity contribution is 7.99. The van der Waals surface area contributed by atoms with Gasteiger partial charge in [-0.2, -0.15) is 16.1 Å². The van der Waals surface area contributed by atoms with E-state index in [0.717, 1.165) is 22.8 Å². The minimum absolute atomic E-state index is 0.0894. The molecule has 6 nitrogen and oxygen atoms in total. The summed E-state index contributed by atoms with van der Waals surface area (Å²) < 4.78 is 45.5.